The first-order valence-electron chi connectivity index (χ1n) is 5.48. The number of hydrogen-bond acceptors (Lipinski definition) is 3. The van der Waals surface area contributed by atoms with E-state index in [0.29, 0.717) is 11.0 Å². The third-order valence-corrected chi connectivity index (χ3v) is 2.38. The Morgan fingerprint density at radius 1 is 1.53 bits per heavy atom. The largest absolute Gasteiger partial charge is 0.335 e. The molecule has 0 unspecified atom stereocenters. The minimum atomic E-state index is -0.347. The minimum absolute atomic E-state index is 0.129. The van der Waals surface area contributed by atoms with Crippen LogP contribution >= 0.6 is 0 Å². The summed E-state index contributed by atoms with van der Waals surface area (Å²) in [5, 5.41) is 3.02. The summed E-state index contributed by atoms with van der Waals surface area (Å²) < 4.78 is 13.0. The average Bonchev–Trinajstić information content (AvgIpc) is 2.68. The summed E-state index contributed by atoms with van der Waals surface area (Å²) in [7, 11) is 0. The summed E-state index contributed by atoms with van der Waals surface area (Å²) in [6, 6.07) is 4.44. The van der Waals surface area contributed by atoms with E-state index in [4.69, 9.17) is 0 Å². The molecule has 0 radical (unpaired) electrons. The smallest absolute Gasteiger partial charge is 0.211 e. The van der Waals surface area contributed by atoms with E-state index in [2.05, 4.69) is 15.3 Å². The number of benzene rings is 1. The lowest BCUT2D eigenvalue weighted by molar-refractivity contribution is 0.0980. The van der Waals surface area contributed by atoms with Crippen molar-refractivity contribution < 1.29 is 9.18 Å². The Hall–Kier alpha value is -1.75. The summed E-state index contributed by atoms with van der Waals surface area (Å²) in [5.41, 5.74) is 1.14. The van der Waals surface area contributed by atoms with Crippen LogP contribution in [-0.2, 0) is 0 Å². The summed E-state index contributed by atoms with van der Waals surface area (Å²) in [5.74, 6) is -0.213. The molecule has 0 aliphatic carbocycles. The first-order chi connectivity index (χ1) is 8.06. The number of carbonyl (C=O) groups excluding carboxylic acids is 1. The van der Waals surface area contributed by atoms with Gasteiger partial charge in [0.05, 0.1) is 17.6 Å². The first kappa shape index (κ1) is 11.7. The van der Waals surface area contributed by atoms with Gasteiger partial charge in [0.25, 0.3) is 0 Å². The molecular weight excluding hydrogens is 221 g/mol. The molecule has 0 amide bonds. The number of fused-ring (bicyclic) bond motifs is 1. The van der Waals surface area contributed by atoms with Crippen LogP contribution in [0.1, 0.15) is 24.5 Å². The van der Waals surface area contributed by atoms with E-state index in [1.54, 1.807) is 6.07 Å². The zero-order valence-electron chi connectivity index (χ0n) is 9.75. The highest BCUT2D eigenvalue weighted by molar-refractivity contribution is 5.97. The SMILES string of the molecule is CC(C)NCC(=O)c1nc2ccc(F)cc2[nH]1. The maximum absolute atomic E-state index is 13.0. The molecular formula is C12H14FN3O. The molecule has 0 bridgehead atoms. The molecule has 17 heavy (non-hydrogen) atoms. The number of imidazole rings is 1. The molecule has 0 atom stereocenters. The maximum atomic E-state index is 13.0. The number of aromatic amines is 1. The van der Waals surface area contributed by atoms with Crippen molar-refractivity contribution in [1.29, 1.82) is 0 Å². The molecule has 90 valence electrons. The molecule has 2 aromatic rings. The van der Waals surface area contributed by atoms with Gasteiger partial charge in [0.15, 0.2) is 5.82 Å². The van der Waals surface area contributed by atoms with Gasteiger partial charge in [-0.3, -0.25) is 4.79 Å². The number of nitrogens with zero attached hydrogens (tertiary/aromatic N) is 1. The van der Waals surface area contributed by atoms with E-state index in [9.17, 15) is 9.18 Å². The van der Waals surface area contributed by atoms with E-state index >= 15 is 0 Å². The molecule has 4 nitrogen and oxygen atoms in total. The van der Waals surface area contributed by atoms with Crippen molar-refractivity contribution in [3.63, 3.8) is 0 Å². The first-order valence-corrected chi connectivity index (χ1v) is 5.48. The summed E-state index contributed by atoms with van der Waals surface area (Å²) in [4.78, 5) is 18.7. The summed E-state index contributed by atoms with van der Waals surface area (Å²) >= 11 is 0. The lowest BCUT2D eigenvalue weighted by Crippen LogP contribution is -2.29. The van der Waals surface area contributed by atoms with Crippen LogP contribution in [0.5, 0.6) is 0 Å². The highest BCUT2D eigenvalue weighted by Crippen LogP contribution is 2.12. The Morgan fingerprint density at radius 3 is 3.00 bits per heavy atom. The van der Waals surface area contributed by atoms with Crippen molar-refractivity contribution in [3.8, 4) is 0 Å². The standard InChI is InChI=1S/C12H14FN3O/c1-7(2)14-6-11(17)12-15-9-4-3-8(13)5-10(9)16-12/h3-5,7,14H,6H2,1-2H3,(H,15,16). The van der Waals surface area contributed by atoms with Crippen molar-refractivity contribution in [3.05, 3.63) is 29.8 Å². The van der Waals surface area contributed by atoms with E-state index in [0.717, 1.165) is 0 Å². The lowest BCUT2D eigenvalue weighted by atomic mass is 10.3. The number of ketones is 1. The molecule has 0 aliphatic heterocycles. The number of H-pyrrole nitrogens is 1. The molecule has 0 fully saturated rings. The van der Waals surface area contributed by atoms with Gasteiger partial charge < -0.3 is 10.3 Å². The number of carbonyl (C=O) groups is 1. The average molecular weight is 235 g/mol. The lowest BCUT2D eigenvalue weighted by Gasteiger charge is -2.04. The second-order valence-corrected chi connectivity index (χ2v) is 4.21. The normalized spacial score (nSPS) is 11.3. The van der Waals surface area contributed by atoms with E-state index < -0.39 is 0 Å². The molecule has 5 heteroatoms. The maximum Gasteiger partial charge on any atom is 0.211 e. The Bertz CT molecular complexity index is 548. The van der Waals surface area contributed by atoms with Crippen LogP contribution in [0.4, 0.5) is 4.39 Å². The van der Waals surface area contributed by atoms with E-state index in [-0.39, 0.29) is 30.0 Å². The highest BCUT2D eigenvalue weighted by atomic mass is 19.1. The fourth-order valence-corrected chi connectivity index (χ4v) is 1.49. The highest BCUT2D eigenvalue weighted by Gasteiger charge is 2.11. The molecule has 0 saturated heterocycles. The van der Waals surface area contributed by atoms with E-state index in [1.807, 2.05) is 13.8 Å². The van der Waals surface area contributed by atoms with Gasteiger partial charge in [0, 0.05) is 6.04 Å². The molecule has 1 heterocycles. The van der Waals surface area contributed by atoms with Crippen LogP contribution in [0.25, 0.3) is 11.0 Å². The third-order valence-electron chi connectivity index (χ3n) is 2.38. The second kappa shape index (κ2) is 4.63. The second-order valence-electron chi connectivity index (χ2n) is 4.21. The number of nitrogens with one attached hydrogen (secondary N) is 2. The molecule has 2 N–H and O–H groups in total. The van der Waals surface area contributed by atoms with Crippen molar-refractivity contribution in [2.45, 2.75) is 19.9 Å². The minimum Gasteiger partial charge on any atom is -0.335 e. The molecule has 1 aromatic heterocycles. The quantitative estimate of drug-likeness (QED) is 0.795. The zero-order valence-corrected chi connectivity index (χ0v) is 9.75. The van der Waals surface area contributed by atoms with Crippen LogP contribution in [0.2, 0.25) is 0 Å². The van der Waals surface area contributed by atoms with Crippen molar-refractivity contribution >= 4 is 16.8 Å². The predicted octanol–water partition coefficient (Wildman–Crippen LogP) is 1.88. The third kappa shape index (κ3) is 2.68. The molecule has 2 rings (SSSR count). The molecule has 0 spiro atoms. The summed E-state index contributed by atoms with van der Waals surface area (Å²) in [6.07, 6.45) is 0. The molecule has 1 aromatic carbocycles. The van der Waals surface area contributed by atoms with Gasteiger partial charge in [0.1, 0.15) is 5.82 Å². The van der Waals surface area contributed by atoms with Gasteiger partial charge >= 0.3 is 0 Å². The predicted molar refractivity (Wildman–Crippen MR) is 63.5 cm³/mol. The topological polar surface area (TPSA) is 57.8 Å². The van der Waals surface area contributed by atoms with Crippen LogP contribution in [0.3, 0.4) is 0 Å². The number of hydrogen-bond donors (Lipinski definition) is 2. The van der Waals surface area contributed by atoms with Gasteiger partial charge in [-0.2, -0.15) is 0 Å². The Balaban J connectivity index is 2.21. The molecule has 0 saturated carbocycles. The van der Waals surface area contributed by atoms with Gasteiger partial charge in [-0.25, -0.2) is 9.37 Å². The van der Waals surface area contributed by atoms with Crippen molar-refractivity contribution in [2.24, 2.45) is 0 Å². The zero-order chi connectivity index (χ0) is 12.4. The Morgan fingerprint density at radius 2 is 2.29 bits per heavy atom. The number of rotatable bonds is 4. The van der Waals surface area contributed by atoms with Crippen LogP contribution in [-0.4, -0.2) is 28.3 Å². The summed E-state index contributed by atoms with van der Waals surface area (Å²) in [6.45, 7) is 4.14. The van der Waals surface area contributed by atoms with Crippen molar-refractivity contribution in [1.82, 2.24) is 15.3 Å². The number of aromatic nitrogens is 2. The molecule has 0 aliphatic rings. The van der Waals surface area contributed by atoms with Crippen LogP contribution < -0.4 is 5.32 Å². The van der Waals surface area contributed by atoms with Gasteiger partial charge in [0.2, 0.25) is 5.78 Å². The van der Waals surface area contributed by atoms with Gasteiger partial charge in [-0.15, -0.1) is 0 Å². The van der Waals surface area contributed by atoms with Crippen LogP contribution in [0.15, 0.2) is 18.2 Å². The fraction of sp³-hybridized carbons (Fsp3) is 0.333. The fourth-order valence-electron chi connectivity index (χ4n) is 1.49. The van der Waals surface area contributed by atoms with Crippen molar-refractivity contribution in [2.75, 3.05) is 6.54 Å². The Labute approximate surface area is 98.2 Å². The number of halogens is 1. The number of Topliss-reactive ketones (excluding diaryl/α,β-unsaturated/α-hetero) is 1. The van der Waals surface area contributed by atoms with Gasteiger partial charge in [-0.05, 0) is 18.2 Å². The van der Waals surface area contributed by atoms with E-state index in [1.165, 1.54) is 12.1 Å². The monoisotopic (exact) mass is 235 g/mol. The van der Waals surface area contributed by atoms with Crippen LogP contribution in [0, 0.1) is 5.82 Å². The Kier molecular flexibility index (Phi) is 3.19. The van der Waals surface area contributed by atoms with Gasteiger partial charge in [-0.1, -0.05) is 13.8 Å².